The Morgan fingerprint density at radius 2 is 2.43 bits per heavy atom. The average Bonchev–Trinajstić information content (AvgIpc) is 2.59. The first kappa shape index (κ1) is 11.5. The zero-order chi connectivity index (χ0) is 10.4. The molecule has 0 unspecified atom stereocenters. The lowest BCUT2D eigenvalue weighted by Gasteiger charge is -2.15. The molecule has 1 atom stereocenters. The lowest BCUT2D eigenvalue weighted by molar-refractivity contribution is -0.130. The van der Waals surface area contributed by atoms with Gasteiger partial charge in [-0.25, -0.2) is 0 Å². The SMILES string of the molecule is CCOCCCC(=O)N1CC[C@@H](N)C1. The second-order valence-corrected chi connectivity index (χ2v) is 3.69. The molecule has 1 fully saturated rings. The van der Waals surface area contributed by atoms with Gasteiger partial charge < -0.3 is 15.4 Å². The highest BCUT2D eigenvalue weighted by Crippen LogP contribution is 2.09. The predicted octanol–water partition coefficient (Wildman–Crippen LogP) is 0.363. The maximum absolute atomic E-state index is 11.6. The van der Waals surface area contributed by atoms with Crippen molar-refractivity contribution < 1.29 is 9.53 Å². The fraction of sp³-hybridized carbons (Fsp3) is 0.900. The van der Waals surface area contributed by atoms with E-state index in [2.05, 4.69) is 0 Å². The third kappa shape index (κ3) is 3.64. The summed E-state index contributed by atoms with van der Waals surface area (Å²) < 4.78 is 5.17. The van der Waals surface area contributed by atoms with Crippen LogP contribution in [0, 0.1) is 0 Å². The van der Waals surface area contributed by atoms with E-state index in [-0.39, 0.29) is 11.9 Å². The van der Waals surface area contributed by atoms with Crippen molar-refractivity contribution in [1.29, 1.82) is 0 Å². The number of ether oxygens (including phenoxy) is 1. The van der Waals surface area contributed by atoms with E-state index in [9.17, 15) is 4.79 Å². The maximum atomic E-state index is 11.6. The van der Waals surface area contributed by atoms with Gasteiger partial charge in [-0.15, -0.1) is 0 Å². The fourth-order valence-electron chi connectivity index (χ4n) is 1.64. The van der Waals surface area contributed by atoms with Crippen molar-refractivity contribution in [3.63, 3.8) is 0 Å². The van der Waals surface area contributed by atoms with E-state index < -0.39 is 0 Å². The average molecular weight is 200 g/mol. The summed E-state index contributed by atoms with van der Waals surface area (Å²) in [6.45, 7) is 4.92. The number of hydrogen-bond donors (Lipinski definition) is 1. The molecule has 1 heterocycles. The molecule has 0 saturated carbocycles. The number of hydrogen-bond acceptors (Lipinski definition) is 3. The van der Waals surface area contributed by atoms with Crippen molar-refractivity contribution in [1.82, 2.24) is 4.90 Å². The van der Waals surface area contributed by atoms with Gasteiger partial charge in [0.05, 0.1) is 0 Å². The number of carbonyl (C=O) groups excluding carboxylic acids is 1. The molecule has 4 heteroatoms. The first-order valence-electron chi connectivity index (χ1n) is 5.35. The van der Waals surface area contributed by atoms with Crippen LogP contribution < -0.4 is 5.73 Å². The van der Waals surface area contributed by atoms with Gasteiger partial charge in [0.2, 0.25) is 5.91 Å². The molecule has 1 saturated heterocycles. The zero-order valence-electron chi connectivity index (χ0n) is 8.87. The summed E-state index contributed by atoms with van der Waals surface area (Å²) in [7, 11) is 0. The first-order chi connectivity index (χ1) is 6.74. The van der Waals surface area contributed by atoms with Crippen molar-refractivity contribution in [3.05, 3.63) is 0 Å². The van der Waals surface area contributed by atoms with Gasteiger partial charge in [0.1, 0.15) is 0 Å². The van der Waals surface area contributed by atoms with Crippen molar-refractivity contribution in [2.45, 2.75) is 32.2 Å². The third-order valence-corrected chi connectivity index (χ3v) is 2.46. The van der Waals surface area contributed by atoms with Crippen LogP contribution in [0.15, 0.2) is 0 Å². The van der Waals surface area contributed by atoms with Crippen LogP contribution >= 0.6 is 0 Å². The highest BCUT2D eigenvalue weighted by Gasteiger charge is 2.22. The molecule has 1 aliphatic heterocycles. The summed E-state index contributed by atoms with van der Waals surface area (Å²) in [5.74, 6) is 0.220. The Morgan fingerprint density at radius 3 is 3.00 bits per heavy atom. The molecule has 1 aliphatic rings. The van der Waals surface area contributed by atoms with Gasteiger partial charge in [-0.2, -0.15) is 0 Å². The zero-order valence-corrected chi connectivity index (χ0v) is 8.87. The summed E-state index contributed by atoms with van der Waals surface area (Å²) in [5, 5.41) is 0. The van der Waals surface area contributed by atoms with E-state index in [0.717, 1.165) is 32.5 Å². The Balaban J connectivity index is 2.09. The molecule has 0 aromatic carbocycles. The predicted molar refractivity (Wildman–Crippen MR) is 54.9 cm³/mol. The quantitative estimate of drug-likeness (QED) is 0.652. The number of rotatable bonds is 5. The molecule has 1 amide bonds. The molecule has 0 radical (unpaired) electrons. The first-order valence-corrected chi connectivity index (χ1v) is 5.35. The van der Waals surface area contributed by atoms with Gasteiger partial charge in [-0.05, 0) is 19.8 Å². The minimum absolute atomic E-state index is 0.186. The molecular formula is C10H20N2O2. The Kier molecular flexibility index (Phi) is 4.90. The van der Waals surface area contributed by atoms with Crippen molar-refractivity contribution in [3.8, 4) is 0 Å². The minimum atomic E-state index is 0.186. The van der Waals surface area contributed by atoms with Gasteiger partial charge in [0.15, 0.2) is 0 Å². The Labute approximate surface area is 85.4 Å². The lowest BCUT2D eigenvalue weighted by Crippen LogP contribution is -2.31. The van der Waals surface area contributed by atoms with Gasteiger partial charge in [0, 0.05) is 38.8 Å². The van der Waals surface area contributed by atoms with Crippen LogP contribution in [-0.2, 0) is 9.53 Å². The van der Waals surface area contributed by atoms with Crippen molar-refractivity contribution >= 4 is 5.91 Å². The third-order valence-electron chi connectivity index (χ3n) is 2.46. The fourth-order valence-corrected chi connectivity index (χ4v) is 1.64. The Morgan fingerprint density at radius 1 is 1.64 bits per heavy atom. The smallest absolute Gasteiger partial charge is 0.222 e. The number of nitrogens with zero attached hydrogens (tertiary/aromatic N) is 1. The highest BCUT2D eigenvalue weighted by atomic mass is 16.5. The van der Waals surface area contributed by atoms with E-state index >= 15 is 0 Å². The Hall–Kier alpha value is -0.610. The topological polar surface area (TPSA) is 55.6 Å². The summed E-state index contributed by atoms with van der Waals surface area (Å²) >= 11 is 0. The summed E-state index contributed by atoms with van der Waals surface area (Å²) in [6.07, 6.45) is 2.35. The molecule has 0 aliphatic carbocycles. The number of amides is 1. The standard InChI is InChI=1S/C10H20N2O2/c1-2-14-7-3-4-10(13)12-6-5-9(11)8-12/h9H,2-8,11H2,1H3/t9-/m1/s1. The normalized spacial score (nSPS) is 21.6. The molecule has 4 nitrogen and oxygen atoms in total. The molecule has 0 spiro atoms. The second-order valence-electron chi connectivity index (χ2n) is 3.69. The molecule has 1 rings (SSSR count). The van der Waals surface area contributed by atoms with E-state index in [1.807, 2.05) is 11.8 Å². The largest absolute Gasteiger partial charge is 0.382 e. The van der Waals surface area contributed by atoms with Crippen LogP contribution in [0.1, 0.15) is 26.2 Å². The molecule has 2 N–H and O–H groups in total. The van der Waals surface area contributed by atoms with Gasteiger partial charge >= 0.3 is 0 Å². The van der Waals surface area contributed by atoms with Crippen LogP contribution in [-0.4, -0.2) is 43.2 Å². The monoisotopic (exact) mass is 200 g/mol. The molecule has 0 aromatic rings. The summed E-state index contributed by atoms with van der Waals surface area (Å²) in [4.78, 5) is 13.4. The number of carbonyl (C=O) groups is 1. The maximum Gasteiger partial charge on any atom is 0.222 e. The Bertz CT molecular complexity index is 185. The molecule has 0 aromatic heterocycles. The second kappa shape index (κ2) is 5.98. The van der Waals surface area contributed by atoms with Crippen LogP contribution in [0.3, 0.4) is 0 Å². The van der Waals surface area contributed by atoms with E-state index in [1.165, 1.54) is 0 Å². The number of likely N-dealkylation sites (tertiary alicyclic amines) is 1. The van der Waals surface area contributed by atoms with E-state index in [1.54, 1.807) is 0 Å². The van der Waals surface area contributed by atoms with Crippen LogP contribution in [0.2, 0.25) is 0 Å². The van der Waals surface area contributed by atoms with Gasteiger partial charge in [-0.3, -0.25) is 4.79 Å². The summed E-state index contributed by atoms with van der Waals surface area (Å²) in [5.41, 5.74) is 5.72. The van der Waals surface area contributed by atoms with Crippen molar-refractivity contribution in [2.75, 3.05) is 26.3 Å². The van der Waals surface area contributed by atoms with Crippen LogP contribution in [0.25, 0.3) is 0 Å². The molecule has 0 bridgehead atoms. The minimum Gasteiger partial charge on any atom is -0.382 e. The van der Waals surface area contributed by atoms with Crippen molar-refractivity contribution in [2.24, 2.45) is 5.73 Å². The molecular weight excluding hydrogens is 180 g/mol. The molecule has 14 heavy (non-hydrogen) atoms. The highest BCUT2D eigenvalue weighted by molar-refractivity contribution is 5.76. The molecule has 82 valence electrons. The number of nitrogens with two attached hydrogens (primary N) is 1. The van der Waals surface area contributed by atoms with Crippen LogP contribution in [0.5, 0.6) is 0 Å². The van der Waals surface area contributed by atoms with E-state index in [4.69, 9.17) is 10.5 Å². The van der Waals surface area contributed by atoms with E-state index in [0.29, 0.717) is 13.0 Å². The van der Waals surface area contributed by atoms with Gasteiger partial charge in [-0.1, -0.05) is 0 Å². The van der Waals surface area contributed by atoms with Crippen LogP contribution in [0.4, 0.5) is 0 Å². The van der Waals surface area contributed by atoms with Gasteiger partial charge in [0.25, 0.3) is 0 Å². The lowest BCUT2D eigenvalue weighted by atomic mass is 10.3. The summed E-state index contributed by atoms with van der Waals surface area (Å²) in [6, 6.07) is 0.186.